The first kappa shape index (κ1) is 18.8. The lowest BCUT2D eigenvalue weighted by Crippen LogP contribution is -2.28. The Labute approximate surface area is 161 Å². The zero-order valence-electron chi connectivity index (χ0n) is 16.7. The predicted octanol–water partition coefficient (Wildman–Crippen LogP) is 5.34. The molecule has 3 rings (SSSR count). The molecule has 27 heavy (non-hydrogen) atoms. The number of carbonyl (C=O) groups excluding carboxylic acids is 1. The van der Waals surface area contributed by atoms with E-state index < -0.39 is 0 Å². The summed E-state index contributed by atoms with van der Waals surface area (Å²) in [6.45, 7) is 10.9. The van der Waals surface area contributed by atoms with Crippen molar-refractivity contribution in [3.63, 3.8) is 0 Å². The highest BCUT2D eigenvalue weighted by Gasteiger charge is 2.12. The quantitative estimate of drug-likeness (QED) is 0.647. The fourth-order valence-electron chi connectivity index (χ4n) is 3.27. The van der Waals surface area contributed by atoms with E-state index in [1.165, 1.54) is 11.1 Å². The van der Waals surface area contributed by atoms with E-state index in [2.05, 4.69) is 73.2 Å². The van der Waals surface area contributed by atoms with Crippen molar-refractivity contribution in [3.05, 3.63) is 82.2 Å². The SMILES string of the molecule is Cc1ccc(-n2c(C)cc(CNC(=O)Nc3ccc(C)c(C)c3)c2C)cc1. The number of amides is 2. The molecule has 140 valence electrons. The molecular formula is C23H27N3O. The molecule has 0 aliphatic heterocycles. The summed E-state index contributed by atoms with van der Waals surface area (Å²) in [5.74, 6) is 0. The number of anilines is 1. The van der Waals surface area contributed by atoms with Gasteiger partial charge in [0.05, 0.1) is 0 Å². The molecule has 1 aromatic heterocycles. The minimum Gasteiger partial charge on any atom is -0.334 e. The Balaban J connectivity index is 1.69. The summed E-state index contributed by atoms with van der Waals surface area (Å²) in [5, 5.41) is 5.86. The third-order valence-corrected chi connectivity index (χ3v) is 5.03. The number of urea groups is 1. The van der Waals surface area contributed by atoms with Crippen LogP contribution in [-0.2, 0) is 6.54 Å². The highest BCUT2D eigenvalue weighted by molar-refractivity contribution is 5.89. The van der Waals surface area contributed by atoms with E-state index in [0.717, 1.165) is 33.9 Å². The van der Waals surface area contributed by atoms with Gasteiger partial charge < -0.3 is 15.2 Å². The minimum atomic E-state index is -0.196. The van der Waals surface area contributed by atoms with E-state index in [-0.39, 0.29) is 6.03 Å². The molecule has 1 heterocycles. The number of rotatable bonds is 4. The first-order valence-electron chi connectivity index (χ1n) is 9.22. The zero-order chi connectivity index (χ0) is 19.6. The number of hydrogen-bond acceptors (Lipinski definition) is 1. The van der Waals surface area contributed by atoms with Crippen molar-refractivity contribution in [2.75, 3.05) is 5.32 Å². The van der Waals surface area contributed by atoms with Crippen LogP contribution in [0.2, 0.25) is 0 Å². The number of nitrogens with zero attached hydrogens (tertiary/aromatic N) is 1. The van der Waals surface area contributed by atoms with Crippen molar-refractivity contribution in [1.82, 2.24) is 9.88 Å². The Morgan fingerprint density at radius 3 is 2.26 bits per heavy atom. The monoisotopic (exact) mass is 361 g/mol. The number of aromatic nitrogens is 1. The number of hydrogen-bond donors (Lipinski definition) is 2. The van der Waals surface area contributed by atoms with Crippen LogP contribution in [0.25, 0.3) is 5.69 Å². The number of benzene rings is 2. The van der Waals surface area contributed by atoms with Crippen molar-refractivity contribution in [3.8, 4) is 5.69 Å². The molecule has 0 aliphatic rings. The lowest BCUT2D eigenvalue weighted by Gasteiger charge is -2.11. The van der Waals surface area contributed by atoms with Gasteiger partial charge in [0.1, 0.15) is 0 Å². The Morgan fingerprint density at radius 1 is 0.889 bits per heavy atom. The molecule has 0 spiro atoms. The second-order valence-corrected chi connectivity index (χ2v) is 7.17. The van der Waals surface area contributed by atoms with Crippen molar-refractivity contribution in [2.24, 2.45) is 0 Å². The van der Waals surface area contributed by atoms with E-state index in [4.69, 9.17) is 0 Å². The summed E-state index contributed by atoms with van der Waals surface area (Å²) >= 11 is 0. The van der Waals surface area contributed by atoms with Crippen LogP contribution in [0.3, 0.4) is 0 Å². The fourth-order valence-corrected chi connectivity index (χ4v) is 3.27. The largest absolute Gasteiger partial charge is 0.334 e. The molecule has 2 amide bonds. The molecule has 4 heteroatoms. The third-order valence-electron chi connectivity index (χ3n) is 5.03. The summed E-state index contributed by atoms with van der Waals surface area (Å²) in [6.07, 6.45) is 0. The highest BCUT2D eigenvalue weighted by atomic mass is 16.2. The maximum atomic E-state index is 12.3. The van der Waals surface area contributed by atoms with Crippen molar-refractivity contribution in [2.45, 2.75) is 41.2 Å². The molecule has 2 aromatic carbocycles. The standard InChI is InChI=1S/C23H27N3O/c1-15-6-10-22(11-7-15)26-18(4)13-20(19(26)5)14-24-23(27)25-21-9-8-16(2)17(3)12-21/h6-13H,14H2,1-5H3,(H2,24,25,27). The van der Waals surface area contributed by atoms with E-state index in [9.17, 15) is 4.79 Å². The summed E-state index contributed by atoms with van der Waals surface area (Å²) in [6, 6.07) is 16.3. The van der Waals surface area contributed by atoms with Gasteiger partial charge in [0, 0.05) is 29.3 Å². The van der Waals surface area contributed by atoms with Gasteiger partial charge >= 0.3 is 6.03 Å². The molecular weight excluding hydrogens is 334 g/mol. The number of nitrogens with one attached hydrogen (secondary N) is 2. The van der Waals surface area contributed by atoms with Crippen molar-refractivity contribution < 1.29 is 4.79 Å². The Morgan fingerprint density at radius 2 is 1.59 bits per heavy atom. The summed E-state index contributed by atoms with van der Waals surface area (Å²) in [7, 11) is 0. The van der Waals surface area contributed by atoms with Crippen LogP contribution in [0.4, 0.5) is 10.5 Å². The first-order chi connectivity index (χ1) is 12.8. The molecule has 0 saturated heterocycles. The van der Waals surface area contributed by atoms with Crippen molar-refractivity contribution in [1.29, 1.82) is 0 Å². The van der Waals surface area contributed by atoms with E-state index in [1.54, 1.807) is 0 Å². The predicted molar refractivity (Wildman–Crippen MR) is 112 cm³/mol. The Kier molecular flexibility index (Phi) is 5.36. The average molecular weight is 361 g/mol. The van der Waals surface area contributed by atoms with Gasteiger partial charge in [-0.05, 0) is 81.6 Å². The van der Waals surface area contributed by atoms with Gasteiger partial charge in [0.25, 0.3) is 0 Å². The van der Waals surface area contributed by atoms with Gasteiger partial charge in [0.2, 0.25) is 0 Å². The van der Waals surface area contributed by atoms with E-state index in [0.29, 0.717) is 6.54 Å². The Bertz CT molecular complexity index is 968. The van der Waals surface area contributed by atoms with E-state index in [1.807, 2.05) is 25.1 Å². The van der Waals surface area contributed by atoms with Crippen LogP contribution in [0.1, 0.15) is 33.6 Å². The highest BCUT2D eigenvalue weighted by Crippen LogP contribution is 2.21. The van der Waals surface area contributed by atoms with Crippen LogP contribution in [-0.4, -0.2) is 10.6 Å². The molecule has 0 unspecified atom stereocenters. The fraction of sp³-hybridized carbons (Fsp3) is 0.261. The molecule has 0 bridgehead atoms. The summed E-state index contributed by atoms with van der Waals surface area (Å²) in [4.78, 5) is 12.3. The van der Waals surface area contributed by atoms with Gasteiger partial charge in [-0.1, -0.05) is 23.8 Å². The second-order valence-electron chi connectivity index (χ2n) is 7.17. The molecule has 0 aliphatic carbocycles. The van der Waals surface area contributed by atoms with E-state index >= 15 is 0 Å². The van der Waals surface area contributed by atoms with Crippen LogP contribution < -0.4 is 10.6 Å². The second kappa shape index (κ2) is 7.70. The topological polar surface area (TPSA) is 46.1 Å². The number of aryl methyl sites for hydroxylation is 4. The number of carbonyl (C=O) groups is 1. The lowest BCUT2D eigenvalue weighted by atomic mass is 10.1. The van der Waals surface area contributed by atoms with Gasteiger partial charge in [0.15, 0.2) is 0 Å². The zero-order valence-corrected chi connectivity index (χ0v) is 16.7. The van der Waals surface area contributed by atoms with Crippen LogP contribution in [0, 0.1) is 34.6 Å². The average Bonchev–Trinajstić information content (AvgIpc) is 2.91. The normalized spacial score (nSPS) is 10.7. The van der Waals surface area contributed by atoms with Crippen LogP contribution in [0.15, 0.2) is 48.5 Å². The van der Waals surface area contributed by atoms with Crippen LogP contribution in [0.5, 0.6) is 0 Å². The lowest BCUT2D eigenvalue weighted by molar-refractivity contribution is 0.251. The maximum absolute atomic E-state index is 12.3. The van der Waals surface area contributed by atoms with Crippen molar-refractivity contribution >= 4 is 11.7 Å². The van der Waals surface area contributed by atoms with Gasteiger partial charge in [-0.3, -0.25) is 0 Å². The maximum Gasteiger partial charge on any atom is 0.319 e. The molecule has 0 radical (unpaired) electrons. The first-order valence-corrected chi connectivity index (χ1v) is 9.22. The molecule has 0 saturated carbocycles. The smallest absolute Gasteiger partial charge is 0.319 e. The van der Waals surface area contributed by atoms with Gasteiger partial charge in [-0.2, -0.15) is 0 Å². The molecule has 0 fully saturated rings. The van der Waals surface area contributed by atoms with Gasteiger partial charge in [-0.25, -0.2) is 4.79 Å². The molecule has 4 nitrogen and oxygen atoms in total. The summed E-state index contributed by atoms with van der Waals surface area (Å²) < 4.78 is 2.22. The van der Waals surface area contributed by atoms with Crippen LogP contribution >= 0.6 is 0 Å². The Hall–Kier alpha value is -3.01. The molecule has 2 N–H and O–H groups in total. The molecule has 0 atom stereocenters. The van der Waals surface area contributed by atoms with Gasteiger partial charge in [-0.15, -0.1) is 0 Å². The summed E-state index contributed by atoms with van der Waals surface area (Å²) in [5.41, 5.74) is 8.97. The minimum absolute atomic E-state index is 0.196. The third kappa shape index (κ3) is 4.22. The molecule has 3 aromatic rings.